The normalized spacial score (nSPS) is 26.6. The molecule has 2 heterocycles. The summed E-state index contributed by atoms with van der Waals surface area (Å²) in [7, 11) is 0. The molecule has 1 amide bonds. The van der Waals surface area contributed by atoms with Crippen LogP contribution >= 0.6 is 15.9 Å². The number of nitrogens with zero attached hydrogens (tertiary/aromatic N) is 2. The average Bonchev–Trinajstić information content (AvgIpc) is 2.87. The highest BCUT2D eigenvalue weighted by atomic mass is 79.9. The van der Waals surface area contributed by atoms with Crippen molar-refractivity contribution in [1.29, 1.82) is 0 Å². The van der Waals surface area contributed by atoms with E-state index >= 15 is 0 Å². The molecule has 0 spiro atoms. The van der Waals surface area contributed by atoms with E-state index < -0.39 is 0 Å². The number of benzene rings is 1. The molecule has 4 nitrogen and oxygen atoms in total. The van der Waals surface area contributed by atoms with Gasteiger partial charge in [-0.2, -0.15) is 0 Å². The molecular weight excluding hydrogens is 318 g/mol. The number of piperazine rings is 1. The Kier molecular flexibility index (Phi) is 3.73. The Morgan fingerprint density at radius 1 is 1.40 bits per heavy atom. The molecule has 2 aliphatic rings. The van der Waals surface area contributed by atoms with Gasteiger partial charge in [0, 0.05) is 40.9 Å². The van der Waals surface area contributed by atoms with Crippen molar-refractivity contribution in [2.24, 2.45) is 0 Å². The Labute approximate surface area is 128 Å². The minimum Gasteiger partial charge on any atom is -0.398 e. The van der Waals surface area contributed by atoms with E-state index in [1.807, 2.05) is 17.0 Å². The minimum absolute atomic E-state index is 0.116. The predicted octanol–water partition coefficient (Wildman–Crippen LogP) is 2.34. The molecule has 2 unspecified atom stereocenters. The van der Waals surface area contributed by atoms with E-state index in [0.29, 0.717) is 17.3 Å². The second kappa shape index (κ2) is 5.37. The molecule has 0 aromatic heterocycles. The number of nitrogens with two attached hydrogens (primary N) is 1. The molecule has 0 radical (unpaired) electrons. The third-order valence-corrected chi connectivity index (χ3v) is 5.13. The molecular formula is C15H20BrN3O. The zero-order chi connectivity index (χ0) is 14.3. The maximum absolute atomic E-state index is 12.7. The SMILES string of the molecule is CC1CN2CCCC2CN1C(=O)c1ccc(N)c(Br)c1. The first-order valence-corrected chi connectivity index (χ1v) is 7.95. The summed E-state index contributed by atoms with van der Waals surface area (Å²) >= 11 is 3.39. The Bertz CT molecular complexity index is 534. The number of nitrogen functional groups attached to an aromatic ring is 1. The van der Waals surface area contributed by atoms with E-state index in [-0.39, 0.29) is 11.9 Å². The highest BCUT2D eigenvalue weighted by molar-refractivity contribution is 9.10. The van der Waals surface area contributed by atoms with E-state index in [2.05, 4.69) is 27.8 Å². The smallest absolute Gasteiger partial charge is 0.254 e. The summed E-state index contributed by atoms with van der Waals surface area (Å²) in [5.41, 5.74) is 7.16. The lowest BCUT2D eigenvalue weighted by Crippen LogP contribution is -2.56. The largest absolute Gasteiger partial charge is 0.398 e. The molecule has 2 N–H and O–H groups in total. The molecule has 2 aliphatic heterocycles. The van der Waals surface area contributed by atoms with Gasteiger partial charge < -0.3 is 10.6 Å². The molecule has 2 atom stereocenters. The van der Waals surface area contributed by atoms with E-state index in [1.165, 1.54) is 19.4 Å². The summed E-state index contributed by atoms with van der Waals surface area (Å²) in [6.45, 7) is 5.16. The molecule has 1 aromatic carbocycles. The van der Waals surface area contributed by atoms with Gasteiger partial charge in [-0.15, -0.1) is 0 Å². The first-order chi connectivity index (χ1) is 9.56. The van der Waals surface area contributed by atoms with Crippen LogP contribution in [0.2, 0.25) is 0 Å². The zero-order valence-corrected chi connectivity index (χ0v) is 13.3. The first kappa shape index (κ1) is 13.9. The van der Waals surface area contributed by atoms with Crippen LogP contribution in [0.15, 0.2) is 22.7 Å². The van der Waals surface area contributed by atoms with Crippen LogP contribution in [0, 0.1) is 0 Å². The number of halogens is 1. The van der Waals surface area contributed by atoms with Crippen LogP contribution in [0.1, 0.15) is 30.1 Å². The number of amides is 1. The summed E-state index contributed by atoms with van der Waals surface area (Å²) < 4.78 is 0.788. The molecule has 1 aromatic rings. The lowest BCUT2D eigenvalue weighted by atomic mass is 10.1. The quantitative estimate of drug-likeness (QED) is 0.800. The number of carbonyl (C=O) groups is 1. The van der Waals surface area contributed by atoms with Gasteiger partial charge in [0.15, 0.2) is 0 Å². The van der Waals surface area contributed by atoms with Crippen molar-refractivity contribution in [1.82, 2.24) is 9.80 Å². The van der Waals surface area contributed by atoms with Crippen LogP contribution in [0.3, 0.4) is 0 Å². The highest BCUT2D eigenvalue weighted by Crippen LogP contribution is 2.27. The van der Waals surface area contributed by atoms with Gasteiger partial charge in [0.1, 0.15) is 0 Å². The van der Waals surface area contributed by atoms with Crippen molar-refractivity contribution in [3.63, 3.8) is 0 Å². The summed E-state index contributed by atoms with van der Waals surface area (Å²) in [5, 5.41) is 0. The van der Waals surface area contributed by atoms with Crippen LogP contribution in [-0.4, -0.2) is 47.4 Å². The molecule has 2 fully saturated rings. The van der Waals surface area contributed by atoms with Gasteiger partial charge in [-0.1, -0.05) is 0 Å². The summed E-state index contributed by atoms with van der Waals surface area (Å²) in [4.78, 5) is 17.2. The van der Waals surface area contributed by atoms with Crippen molar-refractivity contribution < 1.29 is 4.79 Å². The van der Waals surface area contributed by atoms with E-state index in [0.717, 1.165) is 17.6 Å². The lowest BCUT2D eigenvalue weighted by Gasteiger charge is -2.42. The topological polar surface area (TPSA) is 49.6 Å². The van der Waals surface area contributed by atoms with Gasteiger partial charge >= 0.3 is 0 Å². The van der Waals surface area contributed by atoms with E-state index in [9.17, 15) is 4.79 Å². The Balaban J connectivity index is 1.80. The van der Waals surface area contributed by atoms with Crippen molar-refractivity contribution in [3.05, 3.63) is 28.2 Å². The molecule has 108 valence electrons. The van der Waals surface area contributed by atoms with Crippen molar-refractivity contribution in [2.45, 2.75) is 31.8 Å². The number of hydrogen-bond acceptors (Lipinski definition) is 3. The van der Waals surface area contributed by atoms with Gasteiger partial charge in [0.05, 0.1) is 0 Å². The van der Waals surface area contributed by atoms with Gasteiger partial charge in [-0.3, -0.25) is 9.69 Å². The van der Waals surface area contributed by atoms with Crippen LogP contribution in [0.5, 0.6) is 0 Å². The van der Waals surface area contributed by atoms with E-state index in [4.69, 9.17) is 5.73 Å². The van der Waals surface area contributed by atoms with Gasteiger partial charge in [-0.25, -0.2) is 0 Å². The van der Waals surface area contributed by atoms with Crippen molar-refractivity contribution in [3.8, 4) is 0 Å². The maximum atomic E-state index is 12.7. The van der Waals surface area contributed by atoms with Crippen LogP contribution in [0.4, 0.5) is 5.69 Å². The predicted molar refractivity (Wildman–Crippen MR) is 83.6 cm³/mol. The first-order valence-electron chi connectivity index (χ1n) is 7.16. The standard InChI is InChI=1S/C15H20BrN3O/c1-10-8-18-6-2-3-12(18)9-19(10)15(20)11-4-5-14(17)13(16)7-11/h4-5,7,10,12H,2-3,6,8-9,17H2,1H3. The molecule has 3 rings (SSSR count). The number of carbonyl (C=O) groups excluding carboxylic acids is 1. The lowest BCUT2D eigenvalue weighted by molar-refractivity contribution is 0.0395. The molecule has 5 heteroatoms. The van der Waals surface area contributed by atoms with Crippen molar-refractivity contribution >= 4 is 27.5 Å². The Hall–Kier alpha value is -1.07. The zero-order valence-electron chi connectivity index (χ0n) is 11.7. The van der Waals surface area contributed by atoms with Crippen molar-refractivity contribution in [2.75, 3.05) is 25.4 Å². The Morgan fingerprint density at radius 2 is 2.20 bits per heavy atom. The number of anilines is 1. The van der Waals surface area contributed by atoms with Crippen LogP contribution in [-0.2, 0) is 0 Å². The molecule has 0 aliphatic carbocycles. The molecule has 2 saturated heterocycles. The number of rotatable bonds is 1. The summed E-state index contributed by atoms with van der Waals surface area (Å²) in [6, 6.07) is 6.25. The monoisotopic (exact) mass is 337 g/mol. The Morgan fingerprint density at radius 3 is 2.95 bits per heavy atom. The summed E-state index contributed by atoms with van der Waals surface area (Å²) in [6.07, 6.45) is 2.47. The maximum Gasteiger partial charge on any atom is 0.254 e. The summed E-state index contributed by atoms with van der Waals surface area (Å²) in [5.74, 6) is 0.116. The number of hydrogen-bond donors (Lipinski definition) is 1. The fourth-order valence-electron chi connectivity index (χ4n) is 3.30. The van der Waals surface area contributed by atoms with E-state index in [1.54, 1.807) is 6.07 Å². The second-order valence-corrected chi connectivity index (χ2v) is 6.69. The molecule has 20 heavy (non-hydrogen) atoms. The third-order valence-electron chi connectivity index (χ3n) is 4.45. The van der Waals surface area contributed by atoms with Gasteiger partial charge in [-0.05, 0) is 60.4 Å². The number of fused-ring (bicyclic) bond motifs is 1. The van der Waals surface area contributed by atoms with Gasteiger partial charge in [0.25, 0.3) is 5.91 Å². The molecule has 0 bridgehead atoms. The van der Waals surface area contributed by atoms with Crippen LogP contribution < -0.4 is 5.73 Å². The second-order valence-electron chi connectivity index (χ2n) is 5.83. The third kappa shape index (κ3) is 2.44. The van der Waals surface area contributed by atoms with Crippen LogP contribution in [0.25, 0.3) is 0 Å². The fourth-order valence-corrected chi connectivity index (χ4v) is 3.68. The molecule has 0 saturated carbocycles. The fraction of sp³-hybridized carbons (Fsp3) is 0.533. The minimum atomic E-state index is 0.116. The highest BCUT2D eigenvalue weighted by Gasteiger charge is 2.36. The van der Waals surface area contributed by atoms with Gasteiger partial charge in [0.2, 0.25) is 0 Å². The average molecular weight is 338 g/mol.